The second-order valence-corrected chi connectivity index (χ2v) is 12.7. The summed E-state index contributed by atoms with van der Waals surface area (Å²) in [6, 6.07) is 5.89. The Kier molecular flexibility index (Phi) is 8.08. The maximum absolute atomic E-state index is 13.3. The Labute approximate surface area is 206 Å². The third-order valence-electron chi connectivity index (χ3n) is 5.77. The van der Waals surface area contributed by atoms with Crippen LogP contribution in [0.1, 0.15) is 16.2 Å². The monoisotopic (exact) mass is 531 g/mol. The highest BCUT2D eigenvalue weighted by Gasteiger charge is 2.42. The van der Waals surface area contributed by atoms with Crippen molar-refractivity contribution in [1.82, 2.24) is 14.5 Å². The average Bonchev–Trinajstić information content (AvgIpc) is 3.54. The first kappa shape index (κ1) is 24.6. The lowest BCUT2D eigenvalue weighted by molar-refractivity contribution is -0.146. The normalized spacial score (nSPS) is 20.4. The number of aryl methyl sites for hydroxylation is 1. The minimum Gasteiger partial charge on any atom is -0.378 e. The second-order valence-electron chi connectivity index (χ2n) is 8.00. The van der Waals surface area contributed by atoms with Gasteiger partial charge in [-0.15, -0.1) is 22.7 Å². The summed E-state index contributed by atoms with van der Waals surface area (Å²) in [6.45, 7) is 2.26. The molecule has 33 heavy (non-hydrogen) atoms. The molecule has 2 aliphatic heterocycles. The first-order chi connectivity index (χ1) is 15.8. The number of ether oxygens (including phenoxy) is 1. The SMILES string of the molecule is O=C(C(Cc1cccs1)N1CCC(NS(=O)(=O)CCc2ccc(Cl)s2)C1=O)N1CCOCC1. The van der Waals surface area contributed by atoms with Crippen LogP contribution < -0.4 is 4.72 Å². The molecular formula is C21H26ClN3O5S3. The molecule has 2 aliphatic rings. The molecular weight excluding hydrogens is 506 g/mol. The van der Waals surface area contributed by atoms with Crippen LogP contribution in [0.4, 0.5) is 0 Å². The van der Waals surface area contributed by atoms with E-state index < -0.39 is 22.1 Å². The van der Waals surface area contributed by atoms with E-state index in [0.29, 0.717) is 56.4 Å². The number of carbonyl (C=O) groups is 2. The number of sulfonamides is 1. The van der Waals surface area contributed by atoms with Crippen LogP contribution in [0.15, 0.2) is 29.6 Å². The van der Waals surface area contributed by atoms with Gasteiger partial charge in [-0.25, -0.2) is 13.1 Å². The van der Waals surface area contributed by atoms with E-state index in [1.165, 1.54) is 22.7 Å². The molecule has 2 aromatic heterocycles. The Balaban J connectivity index is 1.42. The fraction of sp³-hybridized carbons (Fsp3) is 0.524. The van der Waals surface area contributed by atoms with Crippen molar-refractivity contribution in [2.75, 3.05) is 38.6 Å². The molecule has 2 amide bonds. The Morgan fingerprint density at radius 1 is 1.21 bits per heavy atom. The van der Waals surface area contributed by atoms with Gasteiger partial charge >= 0.3 is 0 Å². The number of halogens is 1. The van der Waals surface area contributed by atoms with Crippen LogP contribution >= 0.6 is 34.3 Å². The third-order valence-corrected chi connectivity index (χ3v) is 9.34. The number of likely N-dealkylation sites (tertiary alicyclic amines) is 1. The predicted molar refractivity (Wildman–Crippen MR) is 129 cm³/mol. The van der Waals surface area contributed by atoms with E-state index in [1.807, 2.05) is 17.5 Å². The number of hydrogen-bond donors (Lipinski definition) is 1. The van der Waals surface area contributed by atoms with E-state index in [-0.39, 0.29) is 17.6 Å². The standard InChI is InChI=1S/C21H26ClN3O5S3/c22-19-4-3-15(32-19)6-13-33(28,29)23-17-5-7-25(20(17)26)18(14-16-2-1-12-31-16)21(27)24-8-10-30-11-9-24/h1-4,12,17-18,23H,5-11,13-14H2. The molecule has 8 nitrogen and oxygen atoms in total. The lowest BCUT2D eigenvalue weighted by atomic mass is 10.1. The van der Waals surface area contributed by atoms with Crippen LogP contribution in [0.5, 0.6) is 0 Å². The number of nitrogens with one attached hydrogen (secondary N) is 1. The zero-order chi connectivity index (χ0) is 23.4. The van der Waals surface area contributed by atoms with Gasteiger partial charge in [0.2, 0.25) is 21.8 Å². The highest BCUT2D eigenvalue weighted by atomic mass is 35.5. The summed E-state index contributed by atoms with van der Waals surface area (Å²) in [6.07, 6.45) is 1.08. The fourth-order valence-electron chi connectivity index (χ4n) is 4.06. The molecule has 4 heterocycles. The van der Waals surface area contributed by atoms with Gasteiger partial charge in [0, 0.05) is 35.8 Å². The largest absolute Gasteiger partial charge is 0.378 e. The van der Waals surface area contributed by atoms with Gasteiger partial charge in [-0.2, -0.15) is 0 Å². The van der Waals surface area contributed by atoms with Crippen LogP contribution in [0.2, 0.25) is 4.34 Å². The number of carbonyl (C=O) groups excluding carboxylic acids is 2. The summed E-state index contributed by atoms with van der Waals surface area (Å²) in [7, 11) is -3.67. The lowest BCUT2D eigenvalue weighted by Crippen LogP contribution is -2.54. The zero-order valence-electron chi connectivity index (χ0n) is 17.9. The maximum atomic E-state index is 13.3. The molecule has 2 fully saturated rings. The fourth-order valence-corrected chi connectivity index (χ4v) is 7.28. The van der Waals surface area contributed by atoms with E-state index in [2.05, 4.69) is 4.72 Å². The summed E-state index contributed by atoms with van der Waals surface area (Å²) in [5.41, 5.74) is 0. The van der Waals surface area contributed by atoms with E-state index in [0.717, 1.165) is 9.75 Å². The highest BCUT2D eigenvalue weighted by molar-refractivity contribution is 7.89. The summed E-state index contributed by atoms with van der Waals surface area (Å²) in [4.78, 5) is 31.7. The predicted octanol–water partition coefficient (Wildman–Crippen LogP) is 2.00. The van der Waals surface area contributed by atoms with E-state index in [1.54, 1.807) is 21.9 Å². The number of morpholine rings is 1. The minimum absolute atomic E-state index is 0.113. The van der Waals surface area contributed by atoms with E-state index in [4.69, 9.17) is 16.3 Å². The molecule has 0 aliphatic carbocycles. The first-order valence-corrected chi connectivity index (χ1v) is 14.5. The molecule has 12 heteroatoms. The van der Waals surface area contributed by atoms with Crippen LogP contribution in [-0.4, -0.2) is 80.7 Å². The van der Waals surface area contributed by atoms with Gasteiger partial charge in [-0.3, -0.25) is 9.59 Å². The van der Waals surface area contributed by atoms with Crippen LogP contribution in [0.25, 0.3) is 0 Å². The molecule has 180 valence electrons. The quantitative estimate of drug-likeness (QED) is 0.534. The lowest BCUT2D eigenvalue weighted by Gasteiger charge is -2.34. The number of nitrogens with zero attached hydrogens (tertiary/aromatic N) is 2. The summed E-state index contributed by atoms with van der Waals surface area (Å²) >= 11 is 8.79. The summed E-state index contributed by atoms with van der Waals surface area (Å²) < 4.78 is 33.8. The van der Waals surface area contributed by atoms with Gasteiger partial charge in [0.25, 0.3) is 0 Å². The Morgan fingerprint density at radius 3 is 2.67 bits per heavy atom. The number of rotatable bonds is 9. The van der Waals surface area contributed by atoms with Crippen molar-refractivity contribution in [3.63, 3.8) is 0 Å². The van der Waals surface area contributed by atoms with Crippen molar-refractivity contribution in [2.24, 2.45) is 0 Å². The molecule has 0 radical (unpaired) electrons. The van der Waals surface area contributed by atoms with Crippen molar-refractivity contribution in [3.8, 4) is 0 Å². The smallest absolute Gasteiger partial charge is 0.245 e. The first-order valence-electron chi connectivity index (χ1n) is 10.8. The molecule has 2 atom stereocenters. The molecule has 0 saturated carbocycles. The summed E-state index contributed by atoms with van der Waals surface area (Å²) in [5.74, 6) is -0.585. The summed E-state index contributed by atoms with van der Waals surface area (Å²) in [5, 5.41) is 1.94. The van der Waals surface area contributed by atoms with Crippen molar-refractivity contribution in [1.29, 1.82) is 0 Å². The Hall–Kier alpha value is -1.50. The Morgan fingerprint density at radius 2 is 2.00 bits per heavy atom. The van der Waals surface area contributed by atoms with Crippen LogP contribution in [-0.2, 0) is 37.2 Å². The maximum Gasteiger partial charge on any atom is 0.245 e. The number of amides is 2. The number of hydrogen-bond acceptors (Lipinski definition) is 7. The number of thiophene rings is 2. The van der Waals surface area contributed by atoms with Crippen molar-refractivity contribution in [2.45, 2.75) is 31.3 Å². The van der Waals surface area contributed by atoms with Gasteiger partial charge in [0.05, 0.1) is 23.3 Å². The molecule has 2 unspecified atom stereocenters. The highest BCUT2D eigenvalue weighted by Crippen LogP contribution is 2.24. The van der Waals surface area contributed by atoms with Crippen molar-refractivity contribution in [3.05, 3.63) is 43.7 Å². The molecule has 2 saturated heterocycles. The minimum atomic E-state index is -3.67. The zero-order valence-corrected chi connectivity index (χ0v) is 21.1. The Bertz CT molecular complexity index is 1070. The van der Waals surface area contributed by atoms with Gasteiger partial charge in [-0.05, 0) is 36.4 Å². The van der Waals surface area contributed by atoms with E-state index >= 15 is 0 Å². The van der Waals surface area contributed by atoms with Crippen LogP contribution in [0, 0.1) is 0 Å². The van der Waals surface area contributed by atoms with Gasteiger partial charge in [-0.1, -0.05) is 17.7 Å². The van der Waals surface area contributed by atoms with Crippen LogP contribution in [0.3, 0.4) is 0 Å². The van der Waals surface area contributed by atoms with E-state index in [9.17, 15) is 18.0 Å². The average molecular weight is 532 g/mol. The van der Waals surface area contributed by atoms with Gasteiger partial charge in [0.15, 0.2) is 0 Å². The molecule has 1 N–H and O–H groups in total. The molecule has 4 rings (SSSR count). The topological polar surface area (TPSA) is 96.0 Å². The molecule has 0 bridgehead atoms. The molecule has 2 aromatic rings. The van der Waals surface area contributed by atoms with Crippen molar-refractivity contribution < 1.29 is 22.7 Å². The molecule has 0 spiro atoms. The second kappa shape index (κ2) is 10.8. The van der Waals surface area contributed by atoms with Gasteiger partial charge < -0.3 is 14.5 Å². The van der Waals surface area contributed by atoms with Gasteiger partial charge in [0.1, 0.15) is 12.1 Å². The third kappa shape index (κ3) is 6.34. The molecule has 0 aromatic carbocycles. The van der Waals surface area contributed by atoms with Crippen molar-refractivity contribution >= 4 is 56.1 Å².